The van der Waals surface area contributed by atoms with Crippen molar-refractivity contribution < 1.29 is 28.5 Å². The lowest BCUT2D eigenvalue weighted by Gasteiger charge is -2.43. The SMILES string of the molecule is CCc1cc(Nc2ncc(Br)c(Nc3ccc4nccnc4c3P(C)(C)=O)n2)c(OC)cc1N1CCC(N2CCN(C(=O)c3ncc(C(=O)Nc4ccc(C5CCC(=O)NC5=O)cc4)[nH]3)CC2)CC1. The number of imidazole rings is 1. The molecule has 21 heteroatoms. The van der Waals surface area contributed by atoms with Gasteiger partial charge in [-0.2, -0.15) is 4.98 Å². The van der Waals surface area contributed by atoms with Crippen LogP contribution in [0.25, 0.3) is 11.0 Å². The van der Waals surface area contributed by atoms with Crippen LogP contribution in [0.4, 0.5) is 34.5 Å². The first-order chi connectivity index (χ1) is 33.3. The van der Waals surface area contributed by atoms with Crippen LogP contribution in [0.1, 0.15) is 70.8 Å². The van der Waals surface area contributed by atoms with E-state index in [0.717, 1.165) is 67.9 Å². The molecule has 0 bridgehead atoms. The van der Waals surface area contributed by atoms with E-state index in [2.05, 4.69) is 91.0 Å². The monoisotopic (exact) mass is 1020 g/mol. The molecule has 3 aromatic carbocycles. The lowest BCUT2D eigenvalue weighted by atomic mass is 9.90. The minimum Gasteiger partial charge on any atom is -0.494 e. The molecule has 1 atom stereocenters. The average Bonchev–Trinajstić information content (AvgIpc) is 3.86. The molecular weight excluding hydrogens is 965 g/mol. The van der Waals surface area contributed by atoms with Crippen LogP contribution in [0.2, 0.25) is 0 Å². The molecule has 19 nitrogen and oxygen atoms in total. The first-order valence-corrected chi connectivity index (χ1v) is 26.3. The number of imide groups is 1. The predicted molar refractivity (Wildman–Crippen MR) is 268 cm³/mol. The number of nitrogens with zero attached hydrogens (tertiary/aromatic N) is 8. The number of carbonyl (C=O) groups excluding carboxylic acids is 4. The highest BCUT2D eigenvalue weighted by atomic mass is 79.9. The second kappa shape index (κ2) is 20.1. The number of piperazine rings is 1. The van der Waals surface area contributed by atoms with Crippen molar-refractivity contribution in [2.24, 2.45) is 0 Å². The zero-order valence-corrected chi connectivity index (χ0v) is 41.2. The summed E-state index contributed by atoms with van der Waals surface area (Å²) >= 11 is 3.59. The topological polar surface area (TPSA) is 233 Å². The van der Waals surface area contributed by atoms with Gasteiger partial charge in [0.1, 0.15) is 29.9 Å². The Bertz CT molecular complexity index is 2980. The number of hydrogen-bond acceptors (Lipinski definition) is 15. The molecule has 0 aliphatic carbocycles. The minimum atomic E-state index is -2.80. The zero-order chi connectivity index (χ0) is 48.4. The summed E-state index contributed by atoms with van der Waals surface area (Å²) in [5.41, 5.74) is 6.31. The maximum atomic E-state index is 13.5. The van der Waals surface area contributed by atoms with Gasteiger partial charge in [0.05, 0.1) is 45.9 Å². The Morgan fingerprint density at radius 3 is 2.35 bits per heavy atom. The van der Waals surface area contributed by atoms with Crippen LogP contribution in [0.15, 0.2) is 77.8 Å². The number of fused-ring (bicyclic) bond motifs is 1. The van der Waals surface area contributed by atoms with Crippen LogP contribution in [0, 0.1) is 0 Å². The number of anilines is 6. The lowest BCUT2D eigenvalue weighted by Crippen LogP contribution is -2.54. The number of nitrogens with one attached hydrogen (secondary N) is 5. The number of rotatable bonds is 13. The quantitative estimate of drug-likeness (QED) is 0.0622. The van der Waals surface area contributed by atoms with Gasteiger partial charge in [0.25, 0.3) is 11.8 Å². The molecule has 0 spiro atoms. The van der Waals surface area contributed by atoms with Gasteiger partial charge in [0.2, 0.25) is 17.8 Å². The Balaban J connectivity index is 0.783. The number of methoxy groups -OCH3 is 1. The van der Waals surface area contributed by atoms with Gasteiger partial charge in [-0.15, -0.1) is 0 Å². The molecule has 4 amide bonds. The Hall–Kier alpha value is -6.76. The van der Waals surface area contributed by atoms with Gasteiger partial charge >= 0.3 is 0 Å². The molecule has 3 aliphatic heterocycles. The number of benzene rings is 3. The van der Waals surface area contributed by atoms with Crippen LogP contribution in [-0.4, -0.2) is 129 Å². The smallest absolute Gasteiger partial charge is 0.289 e. The minimum absolute atomic E-state index is 0.109. The number of H-pyrrole nitrogens is 1. The molecule has 6 heterocycles. The fourth-order valence-electron chi connectivity index (χ4n) is 9.35. The largest absolute Gasteiger partial charge is 0.494 e. The van der Waals surface area contributed by atoms with Crippen LogP contribution in [0.5, 0.6) is 5.75 Å². The van der Waals surface area contributed by atoms with Crippen molar-refractivity contribution in [2.75, 3.05) is 80.6 Å². The van der Waals surface area contributed by atoms with Crippen LogP contribution >= 0.6 is 23.1 Å². The highest BCUT2D eigenvalue weighted by Gasteiger charge is 2.32. The molecule has 9 rings (SSSR count). The second-order valence-electron chi connectivity index (χ2n) is 17.7. The van der Waals surface area contributed by atoms with Crippen molar-refractivity contribution in [3.63, 3.8) is 0 Å². The van der Waals surface area contributed by atoms with E-state index in [9.17, 15) is 23.7 Å². The second-order valence-corrected chi connectivity index (χ2v) is 21.7. The van der Waals surface area contributed by atoms with E-state index >= 15 is 0 Å². The van der Waals surface area contributed by atoms with Gasteiger partial charge in [-0.05, 0) is 96.4 Å². The van der Waals surface area contributed by atoms with Crippen LogP contribution in [-0.2, 0) is 20.6 Å². The molecule has 5 N–H and O–H groups in total. The molecule has 3 aliphatic rings. The van der Waals surface area contributed by atoms with Gasteiger partial charge in [0, 0.05) is 87.8 Å². The summed E-state index contributed by atoms with van der Waals surface area (Å²) in [5.74, 6) is -0.112. The van der Waals surface area contributed by atoms with Crippen LogP contribution in [0.3, 0.4) is 0 Å². The number of carbonyl (C=O) groups is 4. The molecule has 69 heavy (non-hydrogen) atoms. The van der Waals surface area contributed by atoms with Crippen molar-refractivity contribution >= 4 is 97.6 Å². The standard InChI is InChI=1S/C48H53BrN13O6P/c1-5-28-24-36(57-48-53-26-33(49)43(59-48)55-35-12-11-34-41(51-17-16-50-34)42(35)69(3,4)67)39(68-2)25-38(28)61-18-14-31(15-19-61)60-20-22-62(23-21-60)47(66)44-52-27-37(56-44)46(65)54-30-8-6-29(7-9-30)32-10-13-40(63)58-45(32)64/h6-9,11-12,16-17,24-27,31-32H,5,10,13-15,18-23H2,1-4H3,(H,52,56)(H,54,65)(H,58,63,64)(H2,53,55,57,59). The molecule has 1 unspecified atom stereocenters. The third-order valence-electron chi connectivity index (χ3n) is 12.9. The third-order valence-corrected chi connectivity index (χ3v) is 15.0. The first-order valence-electron chi connectivity index (χ1n) is 22.9. The summed E-state index contributed by atoms with van der Waals surface area (Å²) in [6.07, 6.45) is 9.69. The molecule has 3 saturated heterocycles. The van der Waals surface area contributed by atoms with Gasteiger partial charge in [0.15, 0.2) is 5.82 Å². The number of aromatic amines is 1. The summed E-state index contributed by atoms with van der Waals surface area (Å²) in [5, 5.41) is 12.5. The average molecular weight is 1020 g/mol. The van der Waals surface area contributed by atoms with Crippen molar-refractivity contribution in [3.05, 3.63) is 100 Å². The molecule has 3 aromatic heterocycles. The van der Waals surface area contributed by atoms with E-state index in [1.54, 1.807) is 68.2 Å². The number of ether oxygens (including phenoxy) is 1. The Morgan fingerprint density at radius 2 is 1.64 bits per heavy atom. The first kappa shape index (κ1) is 47.3. The van der Waals surface area contributed by atoms with Gasteiger partial charge in [-0.3, -0.25) is 39.4 Å². The highest BCUT2D eigenvalue weighted by Crippen LogP contribution is 2.42. The van der Waals surface area contributed by atoms with E-state index < -0.39 is 19.0 Å². The number of piperidine rings is 2. The number of aryl methyl sites for hydroxylation is 1. The Labute approximate surface area is 407 Å². The summed E-state index contributed by atoms with van der Waals surface area (Å²) in [6.45, 7) is 9.86. The maximum Gasteiger partial charge on any atom is 0.289 e. The van der Waals surface area contributed by atoms with E-state index in [1.807, 2.05) is 12.1 Å². The third kappa shape index (κ3) is 10.3. The maximum absolute atomic E-state index is 13.5. The normalized spacial score (nSPS) is 17.1. The number of halogens is 1. The summed E-state index contributed by atoms with van der Waals surface area (Å²) in [6, 6.07) is 15.2. The fourth-order valence-corrected chi connectivity index (χ4v) is 11.0. The van der Waals surface area contributed by atoms with Gasteiger partial charge < -0.3 is 40.0 Å². The van der Waals surface area contributed by atoms with Crippen molar-refractivity contribution in [1.29, 1.82) is 0 Å². The zero-order valence-electron chi connectivity index (χ0n) is 38.7. The lowest BCUT2D eigenvalue weighted by molar-refractivity contribution is -0.134. The summed E-state index contributed by atoms with van der Waals surface area (Å²) < 4.78 is 20.1. The van der Waals surface area contributed by atoms with Crippen molar-refractivity contribution in [1.82, 2.24) is 45.0 Å². The molecule has 358 valence electrons. The molecule has 0 radical (unpaired) electrons. The van der Waals surface area contributed by atoms with Crippen molar-refractivity contribution in [2.45, 2.75) is 51.0 Å². The predicted octanol–water partition coefficient (Wildman–Crippen LogP) is 6.41. The van der Waals surface area contributed by atoms with Gasteiger partial charge in [-0.1, -0.05) is 19.1 Å². The Kier molecular flexibility index (Phi) is 13.8. The van der Waals surface area contributed by atoms with E-state index in [1.165, 1.54) is 6.20 Å². The molecule has 0 saturated carbocycles. The number of amides is 4. The molecule has 3 fully saturated rings. The van der Waals surface area contributed by atoms with E-state index in [-0.39, 0.29) is 35.7 Å². The Morgan fingerprint density at radius 1 is 0.884 bits per heavy atom. The summed E-state index contributed by atoms with van der Waals surface area (Å²) in [7, 11) is -1.15. The molecular formula is C48H53BrN13O6P. The van der Waals surface area contributed by atoms with E-state index in [0.29, 0.717) is 75.3 Å². The highest BCUT2D eigenvalue weighted by molar-refractivity contribution is 9.10. The fraction of sp³-hybridized carbons (Fsp3) is 0.354. The van der Waals surface area contributed by atoms with Crippen LogP contribution < -0.4 is 36.2 Å². The number of aromatic nitrogens is 6. The summed E-state index contributed by atoms with van der Waals surface area (Å²) in [4.78, 5) is 82.4. The van der Waals surface area contributed by atoms with E-state index in [4.69, 9.17) is 9.72 Å². The number of hydrogen-bond donors (Lipinski definition) is 5. The van der Waals surface area contributed by atoms with Gasteiger partial charge in [-0.25, -0.2) is 9.97 Å². The van der Waals surface area contributed by atoms with Crippen molar-refractivity contribution in [3.8, 4) is 5.75 Å². The molecule has 6 aromatic rings.